The van der Waals surface area contributed by atoms with Crippen molar-refractivity contribution in [1.29, 1.82) is 0 Å². The third-order valence-electron chi connectivity index (χ3n) is 4.66. The fourth-order valence-corrected chi connectivity index (χ4v) is 4.33. The summed E-state index contributed by atoms with van der Waals surface area (Å²) in [5, 5.41) is 7.59. The molecule has 2 saturated heterocycles. The SMILES string of the molecule is Cc1coc(Sc2ccc(C(=O)NC3CC4CCC3N4)cc2)c1. The zero-order chi connectivity index (χ0) is 15.8. The van der Waals surface area contributed by atoms with Crippen LogP contribution in [0.1, 0.15) is 35.2 Å². The molecular formula is C18H20N2O2S. The van der Waals surface area contributed by atoms with Crippen molar-refractivity contribution >= 4 is 17.7 Å². The Hall–Kier alpha value is -1.72. The Balaban J connectivity index is 1.38. The van der Waals surface area contributed by atoms with Crippen LogP contribution in [0.3, 0.4) is 0 Å². The van der Waals surface area contributed by atoms with E-state index in [4.69, 9.17) is 4.42 Å². The molecule has 2 fully saturated rings. The molecule has 1 amide bonds. The lowest BCUT2D eigenvalue weighted by atomic mass is 9.95. The zero-order valence-electron chi connectivity index (χ0n) is 13.0. The van der Waals surface area contributed by atoms with E-state index in [9.17, 15) is 4.79 Å². The summed E-state index contributed by atoms with van der Waals surface area (Å²) in [5.74, 6) is 0.0229. The van der Waals surface area contributed by atoms with Crippen LogP contribution in [0.25, 0.3) is 0 Å². The molecule has 2 aliphatic rings. The molecule has 3 atom stereocenters. The van der Waals surface area contributed by atoms with Crippen LogP contribution in [0.4, 0.5) is 0 Å². The molecule has 1 aromatic heterocycles. The van der Waals surface area contributed by atoms with Crippen molar-refractivity contribution < 1.29 is 9.21 Å². The van der Waals surface area contributed by atoms with E-state index in [0.717, 1.165) is 22.0 Å². The molecule has 0 aliphatic carbocycles. The Kier molecular flexibility index (Phi) is 3.91. The summed E-state index contributed by atoms with van der Waals surface area (Å²) in [6.45, 7) is 2.01. The van der Waals surface area contributed by atoms with E-state index in [2.05, 4.69) is 10.6 Å². The van der Waals surface area contributed by atoms with Crippen LogP contribution in [0, 0.1) is 6.92 Å². The summed E-state index contributed by atoms with van der Waals surface area (Å²) in [6, 6.07) is 11.0. The molecule has 23 heavy (non-hydrogen) atoms. The third-order valence-corrected chi connectivity index (χ3v) is 5.58. The second-order valence-electron chi connectivity index (χ2n) is 6.43. The Bertz CT molecular complexity index is 710. The van der Waals surface area contributed by atoms with Crippen molar-refractivity contribution in [2.75, 3.05) is 0 Å². The third kappa shape index (κ3) is 3.16. The highest BCUT2D eigenvalue weighted by Crippen LogP contribution is 2.30. The normalized spacial score (nSPS) is 25.7. The maximum atomic E-state index is 12.4. The van der Waals surface area contributed by atoms with Crippen molar-refractivity contribution in [2.24, 2.45) is 0 Å². The quantitative estimate of drug-likeness (QED) is 0.903. The number of furan rings is 1. The van der Waals surface area contributed by atoms with Gasteiger partial charge in [-0.2, -0.15) is 0 Å². The zero-order valence-corrected chi connectivity index (χ0v) is 13.9. The second kappa shape index (κ2) is 6.06. The summed E-state index contributed by atoms with van der Waals surface area (Å²) < 4.78 is 5.44. The molecule has 1 aromatic carbocycles. The number of carbonyl (C=O) groups excluding carboxylic acids is 1. The van der Waals surface area contributed by atoms with E-state index in [1.165, 1.54) is 12.8 Å². The predicted octanol–water partition coefficient (Wildman–Crippen LogP) is 3.36. The summed E-state index contributed by atoms with van der Waals surface area (Å²) in [6.07, 6.45) is 5.22. The van der Waals surface area contributed by atoms with Gasteiger partial charge in [-0.25, -0.2) is 0 Å². The van der Waals surface area contributed by atoms with Gasteiger partial charge in [-0.1, -0.05) is 11.8 Å². The van der Waals surface area contributed by atoms with E-state index in [-0.39, 0.29) is 11.9 Å². The van der Waals surface area contributed by atoms with Gasteiger partial charge in [0.25, 0.3) is 5.91 Å². The molecular weight excluding hydrogens is 308 g/mol. The smallest absolute Gasteiger partial charge is 0.251 e. The molecule has 2 N–H and O–H groups in total. The number of aryl methyl sites for hydroxylation is 1. The molecule has 2 aliphatic heterocycles. The average Bonchev–Trinajstić information content (AvgIpc) is 3.25. The van der Waals surface area contributed by atoms with E-state index in [1.54, 1.807) is 18.0 Å². The lowest BCUT2D eigenvalue weighted by molar-refractivity contribution is 0.0931. The predicted molar refractivity (Wildman–Crippen MR) is 89.8 cm³/mol. The Morgan fingerprint density at radius 3 is 2.74 bits per heavy atom. The van der Waals surface area contributed by atoms with Gasteiger partial charge < -0.3 is 15.1 Å². The highest BCUT2D eigenvalue weighted by molar-refractivity contribution is 7.99. The van der Waals surface area contributed by atoms with Gasteiger partial charge in [0.1, 0.15) is 0 Å². The van der Waals surface area contributed by atoms with Gasteiger partial charge in [0, 0.05) is 28.6 Å². The van der Waals surface area contributed by atoms with Crippen molar-refractivity contribution in [1.82, 2.24) is 10.6 Å². The Morgan fingerprint density at radius 1 is 1.30 bits per heavy atom. The van der Waals surface area contributed by atoms with Gasteiger partial charge >= 0.3 is 0 Å². The topological polar surface area (TPSA) is 54.3 Å². The molecule has 0 radical (unpaired) electrons. The minimum atomic E-state index is 0.0229. The van der Waals surface area contributed by atoms with Gasteiger partial charge in [0.2, 0.25) is 0 Å². The van der Waals surface area contributed by atoms with E-state index >= 15 is 0 Å². The maximum Gasteiger partial charge on any atom is 0.251 e. The number of carbonyl (C=O) groups is 1. The largest absolute Gasteiger partial charge is 0.458 e. The minimum Gasteiger partial charge on any atom is -0.458 e. The number of amides is 1. The highest BCUT2D eigenvalue weighted by atomic mass is 32.2. The van der Waals surface area contributed by atoms with Crippen LogP contribution in [-0.2, 0) is 0 Å². The molecule has 0 saturated carbocycles. The minimum absolute atomic E-state index is 0.0229. The van der Waals surface area contributed by atoms with Crippen molar-refractivity contribution in [3.8, 4) is 0 Å². The molecule has 4 nitrogen and oxygen atoms in total. The summed E-state index contributed by atoms with van der Waals surface area (Å²) >= 11 is 1.56. The number of fused-ring (bicyclic) bond motifs is 2. The second-order valence-corrected chi connectivity index (χ2v) is 7.51. The van der Waals surface area contributed by atoms with E-state index in [0.29, 0.717) is 17.6 Å². The van der Waals surface area contributed by atoms with Crippen LogP contribution in [0.5, 0.6) is 0 Å². The fourth-order valence-electron chi connectivity index (χ4n) is 3.48. The van der Waals surface area contributed by atoms with E-state index in [1.807, 2.05) is 37.3 Å². The molecule has 2 aromatic rings. The molecule has 0 spiro atoms. The van der Waals surface area contributed by atoms with E-state index < -0.39 is 0 Å². The van der Waals surface area contributed by atoms with Gasteiger partial charge in [0.15, 0.2) is 5.09 Å². The van der Waals surface area contributed by atoms with Crippen LogP contribution < -0.4 is 10.6 Å². The molecule has 2 bridgehead atoms. The van der Waals surface area contributed by atoms with Crippen molar-refractivity contribution in [2.45, 2.75) is 54.3 Å². The monoisotopic (exact) mass is 328 g/mol. The van der Waals surface area contributed by atoms with Gasteiger partial charge in [-0.3, -0.25) is 4.79 Å². The van der Waals surface area contributed by atoms with Crippen molar-refractivity contribution in [3.63, 3.8) is 0 Å². The molecule has 5 heteroatoms. The number of hydrogen-bond acceptors (Lipinski definition) is 4. The highest BCUT2D eigenvalue weighted by Gasteiger charge is 2.39. The molecule has 120 valence electrons. The average molecular weight is 328 g/mol. The van der Waals surface area contributed by atoms with Gasteiger partial charge in [0.05, 0.1) is 6.26 Å². The standard InChI is InChI=1S/C18H20N2O2S/c1-11-8-17(22-10-11)23-14-5-2-12(3-6-14)18(21)20-16-9-13-4-7-15(16)19-13/h2-3,5-6,8,10,13,15-16,19H,4,7,9H2,1H3,(H,20,21). The first kappa shape index (κ1) is 14.8. The summed E-state index contributed by atoms with van der Waals surface area (Å²) in [7, 11) is 0. The maximum absolute atomic E-state index is 12.4. The van der Waals surface area contributed by atoms with Crippen LogP contribution in [0.2, 0.25) is 0 Å². The van der Waals surface area contributed by atoms with Crippen molar-refractivity contribution in [3.05, 3.63) is 47.7 Å². The first-order valence-corrected chi connectivity index (χ1v) is 8.89. The van der Waals surface area contributed by atoms with Gasteiger partial charge in [-0.05, 0) is 62.1 Å². The number of benzene rings is 1. The number of rotatable bonds is 4. The fraction of sp³-hybridized carbons (Fsp3) is 0.389. The number of hydrogen-bond donors (Lipinski definition) is 2. The van der Waals surface area contributed by atoms with Crippen LogP contribution in [0.15, 0.2) is 51.0 Å². The first-order valence-electron chi connectivity index (χ1n) is 8.07. The Morgan fingerprint density at radius 2 is 2.13 bits per heavy atom. The van der Waals surface area contributed by atoms with Crippen LogP contribution >= 0.6 is 11.8 Å². The summed E-state index contributed by atoms with van der Waals surface area (Å²) in [5.41, 5.74) is 1.83. The first-order chi connectivity index (χ1) is 11.2. The molecule has 3 unspecified atom stereocenters. The number of nitrogens with one attached hydrogen (secondary N) is 2. The molecule has 3 heterocycles. The summed E-state index contributed by atoms with van der Waals surface area (Å²) in [4.78, 5) is 13.5. The van der Waals surface area contributed by atoms with Crippen LogP contribution in [-0.4, -0.2) is 24.0 Å². The lowest BCUT2D eigenvalue weighted by Gasteiger charge is -2.21. The lowest BCUT2D eigenvalue weighted by Crippen LogP contribution is -2.42. The Labute approximate surface area is 140 Å². The molecule has 4 rings (SSSR count). The van der Waals surface area contributed by atoms with Gasteiger partial charge in [-0.15, -0.1) is 0 Å².